The highest BCUT2D eigenvalue weighted by atomic mass is 35.5. The number of ether oxygens (including phenoxy) is 1. The van der Waals surface area contributed by atoms with Crippen molar-refractivity contribution >= 4 is 23.5 Å². The van der Waals surface area contributed by atoms with Crippen LogP contribution in [0.1, 0.15) is 16.8 Å². The number of aliphatic carboxylic acids is 1. The van der Waals surface area contributed by atoms with Gasteiger partial charge in [-0.05, 0) is 12.1 Å². The monoisotopic (exact) mass is 284 g/mol. The normalized spacial score (nSPS) is 19.2. The molecule has 1 aromatic rings. The van der Waals surface area contributed by atoms with Crippen molar-refractivity contribution in [3.8, 4) is 0 Å². The molecule has 2 heterocycles. The summed E-state index contributed by atoms with van der Waals surface area (Å²) in [5.74, 6) is -1.21. The number of carbonyl (C=O) groups is 2. The van der Waals surface area contributed by atoms with E-state index in [9.17, 15) is 9.59 Å². The predicted octanol–water partition coefficient (Wildman–Crippen LogP) is 1.05. The first-order valence-corrected chi connectivity index (χ1v) is 6.18. The Morgan fingerprint density at radius 3 is 2.95 bits per heavy atom. The number of aromatic nitrogens is 1. The molecule has 1 N–H and O–H groups in total. The lowest BCUT2D eigenvalue weighted by Crippen LogP contribution is -2.49. The van der Waals surface area contributed by atoms with Crippen molar-refractivity contribution < 1.29 is 19.4 Å². The summed E-state index contributed by atoms with van der Waals surface area (Å²) in [5, 5.41) is 9.16. The van der Waals surface area contributed by atoms with E-state index in [1.165, 1.54) is 17.2 Å². The van der Waals surface area contributed by atoms with Gasteiger partial charge >= 0.3 is 5.97 Å². The Balaban J connectivity index is 2.15. The van der Waals surface area contributed by atoms with Crippen LogP contribution in [0.15, 0.2) is 18.3 Å². The molecule has 0 aliphatic carbocycles. The molecule has 0 saturated carbocycles. The number of morpholine rings is 1. The van der Waals surface area contributed by atoms with Crippen LogP contribution in [0, 0.1) is 0 Å². The Hall–Kier alpha value is -1.66. The van der Waals surface area contributed by atoms with E-state index in [0.717, 1.165) is 0 Å². The number of carbonyl (C=O) groups excluding carboxylic acids is 1. The van der Waals surface area contributed by atoms with Gasteiger partial charge in [0, 0.05) is 12.7 Å². The SMILES string of the molecule is O=C(O)CC1COCCN1C(=O)c1ccc(Cl)nc1. The molecule has 0 bridgehead atoms. The molecular weight excluding hydrogens is 272 g/mol. The van der Waals surface area contributed by atoms with Crippen LogP contribution in [0.25, 0.3) is 0 Å². The van der Waals surface area contributed by atoms with Gasteiger partial charge in [-0.15, -0.1) is 0 Å². The van der Waals surface area contributed by atoms with Crippen LogP contribution in [0.5, 0.6) is 0 Å². The van der Waals surface area contributed by atoms with Gasteiger partial charge in [-0.2, -0.15) is 0 Å². The molecule has 19 heavy (non-hydrogen) atoms. The van der Waals surface area contributed by atoms with Crippen LogP contribution in [0.2, 0.25) is 5.15 Å². The maximum absolute atomic E-state index is 12.3. The molecule has 1 amide bonds. The Labute approximate surface area is 114 Å². The van der Waals surface area contributed by atoms with E-state index in [4.69, 9.17) is 21.4 Å². The molecule has 7 heteroatoms. The van der Waals surface area contributed by atoms with Crippen molar-refractivity contribution in [2.24, 2.45) is 0 Å². The molecule has 0 spiro atoms. The van der Waals surface area contributed by atoms with E-state index in [2.05, 4.69) is 4.98 Å². The largest absolute Gasteiger partial charge is 0.481 e. The number of carboxylic acids is 1. The summed E-state index contributed by atoms with van der Waals surface area (Å²) in [4.78, 5) is 28.5. The van der Waals surface area contributed by atoms with Crippen molar-refractivity contribution in [2.45, 2.75) is 12.5 Å². The van der Waals surface area contributed by atoms with Gasteiger partial charge in [0.15, 0.2) is 0 Å². The molecule has 1 saturated heterocycles. The summed E-state index contributed by atoms with van der Waals surface area (Å²) in [6.45, 7) is 1.02. The second-order valence-corrected chi connectivity index (χ2v) is 4.58. The van der Waals surface area contributed by atoms with Gasteiger partial charge in [-0.3, -0.25) is 9.59 Å². The minimum atomic E-state index is -0.956. The number of rotatable bonds is 3. The number of nitrogens with zero attached hydrogens (tertiary/aromatic N) is 2. The maximum Gasteiger partial charge on any atom is 0.305 e. The predicted molar refractivity (Wildman–Crippen MR) is 67.1 cm³/mol. The standard InChI is InChI=1S/C12H13ClN2O4/c13-10-2-1-8(6-14-10)12(18)15-3-4-19-7-9(15)5-11(16)17/h1-2,6,9H,3-5,7H2,(H,16,17). The summed E-state index contributed by atoms with van der Waals surface area (Å²) < 4.78 is 5.22. The number of hydrogen-bond acceptors (Lipinski definition) is 4. The summed E-state index contributed by atoms with van der Waals surface area (Å²) in [7, 11) is 0. The molecule has 1 aromatic heterocycles. The van der Waals surface area contributed by atoms with Crippen molar-refractivity contribution in [2.75, 3.05) is 19.8 Å². The highest BCUT2D eigenvalue weighted by Crippen LogP contribution is 2.15. The third-order valence-corrected chi connectivity index (χ3v) is 3.10. The van der Waals surface area contributed by atoms with E-state index in [1.807, 2.05) is 0 Å². The average Bonchev–Trinajstić information content (AvgIpc) is 2.39. The zero-order chi connectivity index (χ0) is 13.8. The van der Waals surface area contributed by atoms with Crippen LogP contribution in [-0.4, -0.2) is 52.7 Å². The van der Waals surface area contributed by atoms with Crippen molar-refractivity contribution in [1.82, 2.24) is 9.88 Å². The molecule has 1 aliphatic heterocycles. The average molecular weight is 285 g/mol. The lowest BCUT2D eigenvalue weighted by molar-refractivity contribution is -0.139. The Bertz CT molecular complexity index is 477. The van der Waals surface area contributed by atoms with Gasteiger partial charge in [0.25, 0.3) is 5.91 Å². The number of carboxylic acid groups (broad SMARTS) is 1. The third kappa shape index (κ3) is 3.42. The van der Waals surface area contributed by atoms with Crippen LogP contribution in [-0.2, 0) is 9.53 Å². The van der Waals surface area contributed by atoms with Crippen molar-refractivity contribution in [1.29, 1.82) is 0 Å². The van der Waals surface area contributed by atoms with Crippen molar-refractivity contribution in [3.05, 3.63) is 29.0 Å². The number of amides is 1. The van der Waals surface area contributed by atoms with Gasteiger partial charge in [-0.25, -0.2) is 4.98 Å². The van der Waals surface area contributed by atoms with Gasteiger partial charge in [-0.1, -0.05) is 11.6 Å². The van der Waals surface area contributed by atoms with Crippen LogP contribution < -0.4 is 0 Å². The minimum absolute atomic E-state index is 0.132. The van der Waals surface area contributed by atoms with Crippen molar-refractivity contribution in [3.63, 3.8) is 0 Å². The fourth-order valence-electron chi connectivity index (χ4n) is 1.96. The highest BCUT2D eigenvalue weighted by molar-refractivity contribution is 6.29. The lowest BCUT2D eigenvalue weighted by Gasteiger charge is -2.34. The molecule has 1 aliphatic rings. The first kappa shape index (κ1) is 13.8. The summed E-state index contributed by atoms with van der Waals surface area (Å²) in [6.07, 6.45) is 1.25. The second-order valence-electron chi connectivity index (χ2n) is 4.19. The fourth-order valence-corrected chi connectivity index (χ4v) is 2.07. The quantitative estimate of drug-likeness (QED) is 0.839. The molecule has 1 fully saturated rings. The van der Waals surface area contributed by atoms with E-state index in [-0.39, 0.29) is 18.9 Å². The summed E-state index contributed by atoms with van der Waals surface area (Å²) in [5.41, 5.74) is 0.390. The number of hydrogen-bond donors (Lipinski definition) is 1. The lowest BCUT2D eigenvalue weighted by atomic mass is 10.1. The smallest absolute Gasteiger partial charge is 0.305 e. The first-order chi connectivity index (χ1) is 9.08. The highest BCUT2D eigenvalue weighted by Gasteiger charge is 2.29. The molecule has 1 atom stereocenters. The maximum atomic E-state index is 12.3. The van der Waals surface area contributed by atoms with Gasteiger partial charge in [0.2, 0.25) is 0 Å². The number of halogens is 1. The van der Waals surface area contributed by atoms with E-state index in [1.54, 1.807) is 6.07 Å². The van der Waals surface area contributed by atoms with E-state index >= 15 is 0 Å². The molecule has 1 unspecified atom stereocenters. The second kappa shape index (κ2) is 5.99. The van der Waals surface area contributed by atoms with Gasteiger partial charge in [0.05, 0.1) is 31.2 Å². The number of pyridine rings is 1. The third-order valence-electron chi connectivity index (χ3n) is 2.87. The summed E-state index contributed by atoms with van der Waals surface area (Å²) in [6, 6.07) is 2.65. The van der Waals surface area contributed by atoms with Gasteiger partial charge in [0.1, 0.15) is 5.15 Å². The van der Waals surface area contributed by atoms with E-state index < -0.39 is 12.0 Å². The first-order valence-electron chi connectivity index (χ1n) is 5.80. The fraction of sp³-hybridized carbons (Fsp3) is 0.417. The van der Waals surface area contributed by atoms with Crippen LogP contribution in [0.3, 0.4) is 0 Å². The minimum Gasteiger partial charge on any atom is -0.481 e. The Kier molecular flexibility index (Phi) is 4.34. The van der Waals surface area contributed by atoms with Crippen LogP contribution in [0.4, 0.5) is 0 Å². The molecule has 0 radical (unpaired) electrons. The van der Waals surface area contributed by atoms with Crippen LogP contribution >= 0.6 is 11.6 Å². The molecule has 6 nitrogen and oxygen atoms in total. The molecule has 0 aromatic carbocycles. The molecule has 102 valence electrons. The molecular formula is C12H13ClN2O4. The Morgan fingerprint density at radius 1 is 1.53 bits per heavy atom. The summed E-state index contributed by atoms with van der Waals surface area (Å²) >= 11 is 5.67. The zero-order valence-corrected chi connectivity index (χ0v) is 10.8. The van der Waals surface area contributed by atoms with E-state index in [0.29, 0.717) is 23.9 Å². The topological polar surface area (TPSA) is 79.7 Å². The zero-order valence-electron chi connectivity index (χ0n) is 10.1. The Morgan fingerprint density at radius 2 is 2.32 bits per heavy atom. The molecule has 2 rings (SSSR count). The van der Waals surface area contributed by atoms with Gasteiger partial charge < -0.3 is 14.7 Å².